The standard InChI is InChI=1S/C20H28N4O.HI/c1-14-11-16(13-24(14)17-7-8-17)23-20(21-2)22-10-9-18-12-15-5-3-4-6-19(15)25-18;/h3-6,12,14,16-17H,7-11,13H2,1-2H3,(H2,21,22,23);1H. The van der Waals surface area contributed by atoms with E-state index in [9.17, 15) is 0 Å². The molecule has 142 valence electrons. The number of rotatable bonds is 5. The lowest BCUT2D eigenvalue weighted by Crippen LogP contribution is -2.45. The molecule has 0 amide bonds. The van der Waals surface area contributed by atoms with E-state index in [0.29, 0.717) is 12.1 Å². The molecule has 6 heteroatoms. The van der Waals surface area contributed by atoms with Gasteiger partial charge < -0.3 is 15.1 Å². The third kappa shape index (κ3) is 4.52. The summed E-state index contributed by atoms with van der Waals surface area (Å²) in [6, 6.07) is 12.3. The van der Waals surface area contributed by atoms with Crippen LogP contribution >= 0.6 is 24.0 Å². The van der Waals surface area contributed by atoms with Crippen LogP contribution in [0.25, 0.3) is 11.0 Å². The summed E-state index contributed by atoms with van der Waals surface area (Å²) in [6.45, 7) is 4.29. The van der Waals surface area contributed by atoms with Crippen LogP contribution in [0.5, 0.6) is 0 Å². The average molecular weight is 468 g/mol. The Hall–Kier alpha value is -1.28. The number of benzene rings is 1. The first-order chi connectivity index (χ1) is 12.2. The highest BCUT2D eigenvalue weighted by molar-refractivity contribution is 14.0. The van der Waals surface area contributed by atoms with Crippen LogP contribution in [-0.2, 0) is 6.42 Å². The van der Waals surface area contributed by atoms with Crippen molar-refractivity contribution in [2.24, 2.45) is 4.99 Å². The predicted molar refractivity (Wildman–Crippen MR) is 117 cm³/mol. The SMILES string of the molecule is CN=C(NCCc1cc2ccccc2o1)NC1CC(C)N(C2CC2)C1.I. The second-order valence-electron chi connectivity index (χ2n) is 7.35. The van der Waals surface area contributed by atoms with Gasteiger partial charge in [0.1, 0.15) is 11.3 Å². The molecule has 2 heterocycles. The van der Waals surface area contributed by atoms with E-state index >= 15 is 0 Å². The first kappa shape index (κ1) is 19.5. The van der Waals surface area contributed by atoms with Crippen LogP contribution in [0, 0.1) is 0 Å². The number of hydrogen-bond donors (Lipinski definition) is 2. The molecule has 26 heavy (non-hydrogen) atoms. The fourth-order valence-electron chi connectivity index (χ4n) is 3.93. The maximum Gasteiger partial charge on any atom is 0.191 e. The van der Waals surface area contributed by atoms with Crippen molar-refractivity contribution in [2.75, 3.05) is 20.1 Å². The molecule has 4 rings (SSSR count). The molecule has 1 aromatic heterocycles. The number of aliphatic imine (C=N–C) groups is 1. The highest BCUT2D eigenvalue weighted by Crippen LogP contribution is 2.33. The molecule has 2 fully saturated rings. The molecule has 1 saturated heterocycles. The minimum Gasteiger partial charge on any atom is -0.461 e. The number of para-hydroxylation sites is 1. The van der Waals surface area contributed by atoms with Crippen molar-refractivity contribution in [3.05, 3.63) is 36.1 Å². The van der Waals surface area contributed by atoms with Gasteiger partial charge in [0.2, 0.25) is 0 Å². The largest absolute Gasteiger partial charge is 0.461 e. The summed E-state index contributed by atoms with van der Waals surface area (Å²) in [6.07, 6.45) is 4.80. The third-order valence-corrected chi connectivity index (χ3v) is 5.34. The van der Waals surface area contributed by atoms with Crippen molar-refractivity contribution < 1.29 is 4.42 Å². The first-order valence-corrected chi connectivity index (χ1v) is 9.43. The molecule has 2 N–H and O–H groups in total. The minimum absolute atomic E-state index is 0. The summed E-state index contributed by atoms with van der Waals surface area (Å²) in [5.74, 6) is 1.91. The monoisotopic (exact) mass is 468 g/mol. The Morgan fingerprint density at radius 1 is 1.31 bits per heavy atom. The number of furan rings is 1. The van der Waals surface area contributed by atoms with E-state index in [1.54, 1.807) is 0 Å². The van der Waals surface area contributed by atoms with Crippen molar-refractivity contribution in [1.82, 2.24) is 15.5 Å². The van der Waals surface area contributed by atoms with Gasteiger partial charge in [-0.2, -0.15) is 0 Å². The zero-order valence-corrected chi connectivity index (χ0v) is 17.9. The zero-order chi connectivity index (χ0) is 17.2. The fraction of sp³-hybridized carbons (Fsp3) is 0.550. The molecule has 1 aliphatic carbocycles. The van der Waals surface area contributed by atoms with Crippen molar-refractivity contribution in [1.29, 1.82) is 0 Å². The molecule has 2 unspecified atom stereocenters. The molecular weight excluding hydrogens is 439 g/mol. The summed E-state index contributed by atoms with van der Waals surface area (Å²) < 4.78 is 5.87. The van der Waals surface area contributed by atoms with E-state index < -0.39 is 0 Å². The number of halogens is 1. The number of fused-ring (bicyclic) bond motifs is 1. The van der Waals surface area contributed by atoms with Crippen LogP contribution in [-0.4, -0.2) is 49.1 Å². The lowest BCUT2D eigenvalue weighted by molar-refractivity contribution is 0.256. The molecule has 5 nitrogen and oxygen atoms in total. The van der Waals surface area contributed by atoms with Gasteiger partial charge in [0.15, 0.2) is 5.96 Å². The Morgan fingerprint density at radius 3 is 2.85 bits per heavy atom. The lowest BCUT2D eigenvalue weighted by atomic mass is 10.2. The Kier molecular flexibility index (Phi) is 6.45. The molecule has 0 spiro atoms. The number of nitrogens with zero attached hydrogens (tertiary/aromatic N) is 2. The van der Waals surface area contributed by atoms with E-state index in [1.807, 2.05) is 25.2 Å². The van der Waals surface area contributed by atoms with Gasteiger partial charge in [-0.15, -0.1) is 24.0 Å². The van der Waals surface area contributed by atoms with Gasteiger partial charge >= 0.3 is 0 Å². The average Bonchev–Trinajstić information content (AvgIpc) is 3.26. The van der Waals surface area contributed by atoms with Crippen molar-refractivity contribution in [3.63, 3.8) is 0 Å². The van der Waals surface area contributed by atoms with Gasteiger partial charge in [-0.05, 0) is 38.3 Å². The molecule has 0 radical (unpaired) electrons. The molecule has 1 aromatic carbocycles. The first-order valence-electron chi connectivity index (χ1n) is 9.43. The van der Waals surface area contributed by atoms with Crippen molar-refractivity contribution in [2.45, 2.75) is 50.7 Å². The van der Waals surface area contributed by atoms with Gasteiger partial charge in [0.25, 0.3) is 0 Å². The van der Waals surface area contributed by atoms with E-state index in [-0.39, 0.29) is 24.0 Å². The maximum absolute atomic E-state index is 5.87. The topological polar surface area (TPSA) is 52.8 Å². The van der Waals surface area contributed by atoms with E-state index in [0.717, 1.165) is 42.9 Å². The third-order valence-electron chi connectivity index (χ3n) is 5.34. The normalized spacial score (nSPS) is 23.8. The molecule has 2 atom stereocenters. The lowest BCUT2D eigenvalue weighted by Gasteiger charge is -2.20. The van der Waals surface area contributed by atoms with Gasteiger partial charge in [0.05, 0.1) is 0 Å². The van der Waals surface area contributed by atoms with Crippen LogP contribution in [0.15, 0.2) is 39.7 Å². The van der Waals surface area contributed by atoms with Crippen molar-refractivity contribution >= 4 is 40.9 Å². The Balaban J connectivity index is 0.00000196. The quantitative estimate of drug-likeness (QED) is 0.402. The molecule has 1 aliphatic heterocycles. The minimum atomic E-state index is 0. The van der Waals surface area contributed by atoms with Crippen LogP contribution in [0.2, 0.25) is 0 Å². The van der Waals surface area contributed by atoms with Gasteiger partial charge in [-0.3, -0.25) is 9.89 Å². The number of likely N-dealkylation sites (tertiary alicyclic amines) is 1. The van der Waals surface area contributed by atoms with Gasteiger partial charge in [-0.25, -0.2) is 0 Å². The van der Waals surface area contributed by atoms with Gasteiger partial charge in [0, 0.05) is 50.1 Å². The van der Waals surface area contributed by atoms with E-state index in [1.165, 1.54) is 24.6 Å². The summed E-state index contributed by atoms with van der Waals surface area (Å²) >= 11 is 0. The molecule has 1 saturated carbocycles. The smallest absolute Gasteiger partial charge is 0.191 e. The summed E-state index contributed by atoms with van der Waals surface area (Å²) in [4.78, 5) is 7.03. The Labute approximate surface area is 172 Å². The molecule has 2 aromatic rings. The molecular formula is C20H29IN4O. The van der Waals surface area contributed by atoms with E-state index in [2.05, 4.69) is 39.6 Å². The maximum atomic E-state index is 5.87. The highest BCUT2D eigenvalue weighted by atomic mass is 127. The second kappa shape index (κ2) is 8.61. The number of nitrogens with one attached hydrogen (secondary N) is 2. The van der Waals surface area contributed by atoms with Crippen LogP contribution < -0.4 is 10.6 Å². The predicted octanol–water partition coefficient (Wildman–Crippen LogP) is 3.38. The second-order valence-corrected chi connectivity index (χ2v) is 7.35. The van der Waals surface area contributed by atoms with Crippen molar-refractivity contribution in [3.8, 4) is 0 Å². The van der Waals surface area contributed by atoms with Crippen LogP contribution in [0.1, 0.15) is 31.9 Å². The van der Waals surface area contributed by atoms with Crippen LogP contribution in [0.3, 0.4) is 0 Å². The zero-order valence-electron chi connectivity index (χ0n) is 15.6. The number of hydrogen-bond acceptors (Lipinski definition) is 3. The number of guanidine groups is 1. The molecule has 2 aliphatic rings. The summed E-state index contributed by atoms with van der Waals surface area (Å²) in [5, 5.41) is 8.18. The summed E-state index contributed by atoms with van der Waals surface area (Å²) in [5.41, 5.74) is 0.958. The van der Waals surface area contributed by atoms with E-state index in [4.69, 9.17) is 4.42 Å². The molecule has 0 bridgehead atoms. The highest BCUT2D eigenvalue weighted by Gasteiger charge is 2.38. The fourth-order valence-corrected chi connectivity index (χ4v) is 3.93. The Bertz CT molecular complexity index is 722. The van der Waals surface area contributed by atoms with Gasteiger partial charge in [-0.1, -0.05) is 18.2 Å². The Morgan fingerprint density at radius 2 is 2.12 bits per heavy atom. The van der Waals surface area contributed by atoms with Crippen LogP contribution in [0.4, 0.5) is 0 Å². The summed E-state index contributed by atoms with van der Waals surface area (Å²) in [7, 11) is 1.84.